The summed E-state index contributed by atoms with van der Waals surface area (Å²) in [5.41, 5.74) is 7.37. The van der Waals surface area contributed by atoms with E-state index in [0.29, 0.717) is 10.8 Å². The highest BCUT2D eigenvalue weighted by atomic mass is 35.5. The summed E-state index contributed by atoms with van der Waals surface area (Å²) >= 11 is 6.09. The molecule has 0 aliphatic carbocycles. The lowest BCUT2D eigenvalue weighted by Gasteiger charge is -2.05. The van der Waals surface area contributed by atoms with Gasteiger partial charge in [-0.25, -0.2) is 0 Å². The van der Waals surface area contributed by atoms with Crippen molar-refractivity contribution in [1.29, 1.82) is 0 Å². The van der Waals surface area contributed by atoms with Crippen molar-refractivity contribution in [3.63, 3.8) is 0 Å². The molecule has 1 aromatic heterocycles. The Morgan fingerprint density at radius 2 is 2.19 bits per heavy atom. The Labute approximate surface area is 98.6 Å². The van der Waals surface area contributed by atoms with Gasteiger partial charge in [-0.1, -0.05) is 23.7 Å². The van der Waals surface area contributed by atoms with Gasteiger partial charge in [0.2, 0.25) is 0 Å². The normalized spacial score (nSPS) is 10.4. The average molecular weight is 238 g/mol. The first-order chi connectivity index (χ1) is 7.63. The summed E-state index contributed by atoms with van der Waals surface area (Å²) in [4.78, 5) is 0. The Morgan fingerprint density at radius 1 is 1.44 bits per heavy atom. The number of aromatic nitrogens is 2. The maximum atomic E-state index is 6.09. The van der Waals surface area contributed by atoms with Crippen molar-refractivity contribution in [2.24, 2.45) is 7.05 Å². The van der Waals surface area contributed by atoms with Crippen molar-refractivity contribution in [2.75, 3.05) is 12.8 Å². The van der Waals surface area contributed by atoms with Crippen LogP contribution in [0.5, 0.6) is 5.75 Å². The van der Waals surface area contributed by atoms with Crippen molar-refractivity contribution in [1.82, 2.24) is 9.78 Å². The first-order valence-electron chi connectivity index (χ1n) is 4.76. The Hall–Kier alpha value is -1.68. The molecule has 0 spiro atoms. The average Bonchev–Trinajstić information content (AvgIpc) is 2.53. The Kier molecular flexibility index (Phi) is 2.75. The molecule has 0 aliphatic heterocycles. The largest absolute Gasteiger partial charge is 0.497 e. The van der Waals surface area contributed by atoms with Gasteiger partial charge >= 0.3 is 0 Å². The molecule has 0 saturated heterocycles. The second-order valence-corrected chi connectivity index (χ2v) is 3.78. The number of nitrogens with two attached hydrogens (primary N) is 1. The van der Waals surface area contributed by atoms with E-state index in [4.69, 9.17) is 22.1 Å². The number of aryl methyl sites for hydroxylation is 1. The van der Waals surface area contributed by atoms with E-state index < -0.39 is 0 Å². The van der Waals surface area contributed by atoms with Crippen molar-refractivity contribution in [2.45, 2.75) is 0 Å². The molecule has 2 aromatic rings. The van der Waals surface area contributed by atoms with Crippen LogP contribution >= 0.6 is 11.6 Å². The Bertz CT molecular complexity index is 522. The van der Waals surface area contributed by atoms with Gasteiger partial charge in [-0.15, -0.1) is 0 Å². The van der Waals surface area contributed by atoms with Crippen LogP contribution in [0.25, 0.3) is 11.3 Å². The monoisotopic (exact) mass is 237 g/mol. The number of benzene rings is 1. The standard InChI is InChI=1S/C11H12ClN3O/c1-15-10(9(12)11(13)14-15)7-4-3-5-8(6-7)16-2/h3-6H,1-2H3,(H2,13,14). The number of rotatable bonds is 2. The van der Waals surface area contributed by atoms with Gasteiger partial charge in [-0.2, -0.15) is 5.10 Å². The third kappa shape index (κ3) is 1.72. The molecule has 0 atom stereocenters. The van der Waals surface area contributed by atoms with Crippen LogP contribution in [0.4, 0.5) is 5.82 Å². The number of methoxy groups -OCH3 is 1. The van der Waals surface area contributed by atoms with E-state index in [9.17, 15) is 0 Å². The lowest BCUT2D eigenvalue weighted by Crippen LogP contribution is -1.94. The van der Waals surface area contributed by atoms with E-state index in [0.717, 1.165) is 17.0 Å². The molecule has 0 amide bonds. The zero-order chi connectivity index (χ0) is 11.7. The number of anilines is 1. The SMILES string of the molecule is COc1cccc(-c2c(Cl)c(N)nn2C)c1. The highest BCUT2D eigenvalue weighted by molar-refractivity contribution is 6.35. The predicted molar refractivity (Wildman–Crippen MR) is 64.6 cm³/mol. The molecule has 84 valence electrons. The van der Waals surface area contributed by atoms with Crippen molar-refractivity contribution < 1.29 is 4.74 Å². The quantitative estimate of drug-likeness (QED) is 0.872. The maximum absolute atomic E-state index is 6.09. The van der Waals surface area contributed by atoms with Gasteiger partial charge in [0.05, 0.1) is 12.8 Å². The van der Waals surface area contributed by atoms with Crippen LogP contribution in [0.1, 0.15) is 0 Å². The molecule has 1 heterocycles. The molecule has 2 rings (SSSR count). The first-order valence-corrected chi connectivity index (χ1v) is 5.13. The predicted octanol–water partition coefficient (Wildman–Crippen LogP) is 2.33. The Morgan fingerprint density at radius 3 is 2.75 bits per heavy atom. The molecule has 0 fully saturated rings. The zero-order valence-corrected chi connectivity index (χ0v) is 9.82. The summed E-state index contributed by atoms with van der Waals surface area (Å²) in [6.45, 7) is 0. The van der Waals surface area contributed by atoms with E-state index in [-0.39, 0.29) is 0 Å². The lowest BCUT2D eigenvalue weighted by atomic mass is 10.1. The molecule has 4 nitrogen and oxygen atoms in total. The Balaban J connectivity index is 2.58. The van der Waals surface area contributed by atoms with Gasteiger partial charge in [-0.3, -0.25) is 4.68 Å². The number of nitrogens with zero attached hydrogens (tertiary/aromatic N) is 2. The minimum absolute atomic E-state index is 0.335. The second kappa shape index (κ2) is 4.06. The van der Waals surface area contributed by atoms with Crippen molar-refractivity contribution in [3.05, 3.63) is 29.3 Å². The van der Waals surface area contributed by atoms with Gasteiger partial charge in [0, 0.05) is 12.6 Å². The fourth-order valence-electron chi connectivity index (χ4n) is 1.60. The molecule has 2 N–H and O–H groups in total. The number of halogens is 1. The third-order valence-corrected chi connectivity index (χ3v) is 2.73. The van der Waals surface area contributed by atoms with Gasteiger partial charge in [0.25, 0.3) is 0 Å². The fourth-order valence-corrected chi connectivity index (χ4v) is 1.87. The summed E-state index contributed by atoms with van der Waals surface area (Å²) in [5.74, 6) is 1.11. The van der Waals surface area contributed by atoms with Crippen LogP contribution in [0.15, 0.2) is 24.3 Å². The van der Waals surface area contributed by atoms with E-state index in [2.05, 4.69) is 5.10 Å². The number of hydrogen-bond acceptors (Lipinski definition) is 3. The molecular formula is C11H12ClN3O. The smallest absolute Gasteiger partial charge is 0.164 e. The van der Waals surface area contributed by atoms with Gasteiger partial charge in [0.1, 0.15) is 10.8 Å². The minimum Gasteiger partial charge on any atom is -0.497 e. The molecule has 0 bridgehead atoms. The fraction of sp³-hybridized carbons (Fsp3) is 0.182. The highest BCUT2D eigenvalue weighted by Gasteiger charge is 2.13. The highest BCUT2D eigenvalue weighted by Crippen LogP contribution is 2.33. The van der Waals surface area contributed by atoms with Crippen molar-refractivity contribution >= 4 is 17.4 Å². The summed E-state index contributed by atoms with van der Waals surface area (Å²) in [5, 5.41) is 4.53. The molecule has 0 saturated carbocycles. The molecular weight excluding hydrogens is 226 g/mol. The van der Waals surface area contributed by atoms with E-state index in [1.165, 1.54) is 0 Å². The minimum atomic E-state index is 0.335. The van der Waals surface area contributed by atoms with E-state index >= 15 is 0 Å². The lowest BCUT2D eigenvalue weighted by molar-refractivity contribution is 0.415. The molecule has 0 aliphatic rings. The molecule has 0 unspecified atom stereocenters. The first kappa shape index (κ1) is 10.8. The van der Waals surface area contributed by atoms with Crippen molar-refractivity contribution in [3.8, 4) is 17.0 Å². The molecule has 16 heavy (non-hydrogen) atoms. The van der Waals surface area contributed by atoms with Crippen LogP contribution < -0.4 is 10.5 Å². The van der Waals surface area contributed by atoms with E-state index in [1.807, 2.05) is 24.3 Å². The second-order valence-electron chi connectivity index (χ2n) is 3.40. The summed E-state index contributed by atoms with van der Waals surface area (Å²) < 4.78 is 6.82. The van der Waals surface area contributed by atoms with Gasteiger partial charge < -0.3 is 10.5 Å². The summed E-state index contributed by atoms with van der Waals surface area (Å²) in [6.07, 6.45) is 0. The van der Waals surface area contributed by atoms with Crippen LogP contribution in [-0.4, -0.2) is 16.9 Å². The molecule has 1 aromatic carbocycles. The summed E-state index contributed by atoms with van der Waals surface area (Å²) in [7, 11) is 3.43. The van der Waals surface area contributed by atoms with Gasteiger partial charge in [-0.05, 0) is 12.1 Å². The zero-order valence-electron chi connectivity index (χ0n) is 9.07. The third-order valence-electron chi connectivity index (χ3n) is 2.36. The summed E-state index contributed by atoms with van der Waals surface area (Å²) in [6, 6.07) is 7.60. The van der Waals surface area contributed by atoms with Crippen LogP contribution in [-0.2, 0) is 7.05 Å². The van der Waals surface area contributed by atoms with Crippen LogP contribution in [0, 0.1) is 0 Å². The molecule has 0 radical (unpaired) electrons. The maximum Gasteiger partial charge on any atom is 0.164 e. The number of nitrogen functional groups attached to an aromatic ring is 1. The van der Waals surface area contributed by atoms with Crippen LogP contribution in [0.2, 0.25) is 5.02 Å². The number of hydrogen-bond donors (Lipinski definition) is 1. The topological polar surface area (TPSA) is 53.1 Å². The van der Waals surface area contributed by atoms with E-state index in [1.54, 1.807) is 18.8 Å². The van der Waals surface area contributed by atoms with Gasteiger partial charge in [0.15, 0.2) is 5.82 Å². The molecule has 5 heteroatoms. The van der Waals surface area contributed by atoms with Crippen LogP contribution in [0.3, 0.4) is 0 Å². The number of ether oxygens (including phenoxy) is 1.